The van der Waals surface area contributed by atoms with Gasteiger partial charge in [0.1, 0.15) is 0 Å². The first-order valence-electron chi connectivity index (χ1n) is 9.82. The fourth-order valence-corrected chi connectivity index (χ4v) is 3.93. The Balaban J connectivity index is 1.39. The summed E-state index contributed by atoms with van der Waals surface area (Å²) < 4.78 is 0. The van der Waals surface area contributed by atoms with Crippen LogP contribution in [0.15, 0.2) is 30.3 Å². The number of amides is 1. The smallest absolute Gasteiger partial charge is 0.274 e. The molecule has 2 aromatic rings. The Morgan fingerprint density at radius 2 is 1.59 bits per heavy atom. The van der Waals surface area contributed by atoms with E-state index in [2.05, 4.69) is 52.0 Å². The lowest BCUT2D eigenvalue weighted by Crippen LogP contribution is -2.49. The molecule has 1 amide bonds. The van der Waals surface area contributed by atoms with Gasteiger partial charge in [-0.1, -0.05) is 12.1 Å². The Morgan fingerprint density at radius 3 is 2.26 bits per heavy atom. The zero-order chi connectivity index (χ0) is 18.8. The molecular formula is C21H27N5O. The molecule has 0 unspecified atom stereocenters. The summed E-state index contributed by atoms with van der Waals surface area (Å²) >= 11 is 0. The van der Waals surface area contributed by atoms with Crippen LogP contribution < -0.4 is 9.80 Å². The van der Waals surface area contributed by atoms with E-state index >= 15 is 0 Å². The normalized spacial score (nSPS) is 17.5. The summed E-state index contributed by atoms with van der Waals surface area (Å²) in [6.07, 6.45) is 2.40. The Bertz CT molecular complexity index is 806. The van der Waals surface area contributed by atoms with E-state index in [0.717, 1.165) is 32.0 Å². The molecule has 1 aromatic carbocycles. The SMILES string of the molecule is Cc1ccc(C)c(N2CCN(C(=O)c3ccc(N4CCCC4)nn3)CC2)c1. The molecule has 4 rings (SSSR count). The summed E-state index contributed by atoms with van der Waals surface area (Å²) in [5.41, 5.74) is 4.27. The maximum Gasteiger partial charge on any atom is 0.274 e. The van der Waals surface area contributed by atoms with Crippen molar-refractivity contribution in [3.63, 3.8) is 0 Å². The van der Waals surface area contributed by atoms with Crippen LogP contribution in [0.1, 0.15) is 34.5 Å². The van der Waals surface area contributed by atoms with Gasteiger partial charge in [0.15, 0.2) is 11.5 Å². The van der Waals surface area contributed by atoms with Crippen LogP contribution in [0.3, 0.4) is 0 Å². The highest BCUT2D eigenvalue weighted by molar-refractivity contribution is 5.92. The van der Waals surface area contributed by atoms with Gasteiger partial charge in [0, 0.05) is 45.0 Å². The molecule has 1 aromatic heterocycles. The molecule has 0 atom stereocenters. The highest BCUT2D eigenvalue weighted by Crippen LogP contribution is 2.23. The first kappa shape index (κ1) is 17.8. The van der Waals surface area contributed by atoms with Crippen molar-refractivity contribution in [1.82, 2.24) is 15.1 Å². The van der Waals surface area contributed by atoms with Crippen molar-refractivity contribution in [1.29, 1.82) is 0 Å². The van der Waals surface area contributed by atoms with Crippen LogP contribution in [0.25, 0.3) is 0 Å². The van der Waals surface area contributed by atoms with Crippen molar-refractivity contribution in [3.8, 4) is 0 Å². The molecule has 6 heteroatoms. The Labute approximate surface area is 160 Å². The lowest BCUT2D eigenvalue weighted by Gasteiger charge is -2.36. The van der Waals surface area contributed by atoms with E-state index in [9.17, 15) is 4.79 Å². The molecular weight excluding hydrogens is 338 g/mol. The molecule has 2 saturated heterocycles. The van der Waals surface area contributed by atoms with Gasteiger partial charge in [-0.2, -0.15) is 0 Å². The molecule has 0 bridgehead atoms. The Kier molecular flexibility index (Phi) is 4.97. The van der Waals surface area contributed by atoms with Crippen LogP contribution in [-0.2, 0) is 0 Å². The van der Waals surface area contributed by atoms with Crippen molar-refractivity contribution < 1.29 is 4.79 Å². The summed E-state index contributed by atoms with van der Waals surface area (Å²) in [7, 11) is 0. The molecule has 27 heavy (non-hydrogen) atoms. The van der Waals surface area contributed by atoms with Crippen LogP contribution >= 0.6 is 0 Å². The minimum Gasteiger partial charge on any atom is -0.368 e. The zero-order valence-corrected chi connectivity index (χ0v) is 16.2. The van der Waals surface area contributed by atoms with Gasteiger partial charge in [-0.05, 0) is 56.0 Å². The van der Waals surface area contributed by atoms with Gasteiger partial charge < -0.3 is 14.7 Å². The predicted octanol–water partition coefficient (Wildman–Crippen LogP) is 2.66. The molecule has 3 heterocycles. The van der Waals surface area contributed by atoms with Crippen molar-refractivity contribution in [2.75, 3.05) is 49.1 Å². The number of carbonyl (C=O) groups excluding carboxylic acids is 1. The second-order valence-corrected chi connectivity index (χ2v) is 7.54. The molecule has 2 aliphatic heterocycles. The van der Waals surface area contributed by atoms with Crippen LogP contribution in [0.2, 0.25) is 0 Å². The topological polar surface area (TPSA) is 52.6 Å². The minimum absolute atomic E-state index is 0.0175. The number of hydrogen-bond donors (Lipinski definition) is 0. The number of rotatable bonds is 3. The van der Waals surface area contributed by atoms with Crippen LogP contribution in [0.5, 0.6) is 0 Å². The van der Waals surface area contributed by atoms with E-state index in [-0.39, 0.29) is 5.91 Å². The fourth-order valence-electron chi connectivity index (χ4n) is 3.93. The molecule has 0 radical (unpaired) electrons. The lowest BCUT2D eigenvalue weighted by atomic mass is 10.1. The van der Waals surface area contributed by atoms with E-state index in [1.54, 1.807) is 0 Å². The van der Waals surface area contributed by atoms with E-state index in [0.29, 0.717) is 18.8 Å². The van der Waals surface area contributed by atoms with Gasteiger partial charge in [-0.3, -0.25) is 4.79 Å². The molecule has 0 spiro atoms. The van der Waals surface area contributed by atoms with Crippen molar-refractivity contribution in [3.05, 3.63) is 47.2 Å². The second-order valence-electron chi connectivity index (χ2n) is 7.54. The number of anilines is 2. The number of carbonyl (C=O) groups is 1. The van der Waals surface area contributed by atoms with Gasteiger partial charge in [-0.15, -0.1) is 10.2 Å². The van der Waals surface area contributed by atoms with Crippen molar-refractivity contribution >= 4 is 17.4 Å². The third-order valence-corrected chi connectivity index (χ3v) is 5.57. The number of piperazine rings is 1. The molecule has 0 aliphatic carbocycles. The summed E-state index contributed by atoms with van der Waals surface area (Å²) in [5.74, 6) is 0.861. The number of nitrogens with zero attached hydrogens (tertiary/aromatic N) is 5. The quantitative estimate of drug-likeness (QED) is 0.837. The van der Waals surface area contributed by atoms with Crippen molar-refractivity contribution in [2.24, 2.45) is 0 Å². The first-order chi connectivity index (χ1) is 13.1. The molecule has 142 valence electrons. The lowest BCUT2D eigenvalue weighted by molar-refractivity contribution is 0.0739. The van der Waals surface area contributed by atoms with Crippen LogP contribution in [0.4, 0.5) is 11.5 Å². The molecule has 2 fully saturated rings. The third-order valence-electron chi connectivity index (χ3n) is 5.57. The van der Waals surface area contributed by atoms with Gasteiger partial charge in [-0.25, -0.2) is 0 Å². The van der Waals surface area contributed by atoms with Crippen molar-refractivity contribution in [2.45, 2.75) is 26.7 Å². The Hall–Kier alpha value is -2.63. The van der Waals surface area contributed by atoms with E-state index in [1.165, 1.54) is 29.7 Å². The average Bonchev–Trinajstić information content (AvgIpc) is 3.24. The monoisotopic (exact) mass is 365 g/mol. The minimum atomic E-state index is -0.0175. The predicted molar refractivity (Wildman–Crippen MR) is 108 cm³/mol. The highest BCUT2D eigenvalue weighted by atomic mass is 16.2. The van der Waals surface area contributed by atoms with Gasteiger partial charge in [0.05, 0.1) is 0 Å². The summed E-state index contributed by atoms with van der Waals surface area (Å²) in [6, 6.07) is 10.3. The van der Waals surface area contributed by atoms with E-state index in [1.807, 2.05) is 17.0 Å². The van der Waals surface area contributed by atoms with Gasteiger partial charge in [0.25, 0.3) is 5.91 Å². The molecule has 6 nitrogen and oxygen atoms in total. The summed E-state index contributed by atoms with van der Waals surface area (Å²) in [5, 5.41) is 8.48. The van der Waals surface area contributed by atoms with Crippen LogP contribution in [-0.4, -0.2) is 60.3 Å². The second kappa shape index (κ2) is 7.55. The molecule has 0 N–H and O–H groups in total. The number of benzene rings is 1. The van der Waals surface area contributed by atoms with E-state index < -0.39 is 0 Å². The molecule has 0 saturated carbocycles. The largest absolute Gasteiger partial charge is 0.368 e. The van der Waals surface area contributed by atoms with E-state index in [4.69, 9.17) is 0 Å². The highest BCUT2D eigenvalue weighted by Gasteiger charge is 2.24. The maximum atomic E-state index is 12.8. The summed E-state index contributed by atoms with van der Waals surface area (Å²) in [6.45, 7) is 9.43. The van der Waals surface area contributed by atoms with Gasteiger partial charge >= 0.3 is 0 Å². The zero-order valence-electron chi connectivity index (χ0n) is 16.2. The molecule has 2 aliphatic rings. The van der Waals surface area contributed by atoms with Crippen LogP contribution in [0, 0.1) is 13.8 Å². The number of hydrogen-bond acceptors (Lipinski definition) is 5. The average molecular weight is 365 g/mol. The standard InChI is InChI=1S/C21H27N5O/c1-16-5-6-17(2)19(15-16)24-11-13-26(14-12-24)21(27)18-7-8-20(23-22-18)25-9-3-4-10-25/h5-8,15H,3-4,9-14H2,1-2H3. The number of aromatic nitrogens is 2. The maximum absolute atomic E-state index is 12.8. The first-order valence-corrected chi connectivity index (χ1v) is 9.82. The van der Waals surface area contributed by atoms with Gasteiger partial charge in [0.2, 0.25) is 0 Å². The summed E-state index contributed by atoms with van der Waals surface area (Å²) in [4.78, 5) is 19.3. The number of aryl methyl sites for hydroxylation is 2. The Morgan fingerprint density at radius 1 is 0.852 bits per heavy atom. The fraction of sp³-hybridized carbons (Fsp3) is 0.476. The third kappa shape index (κ3) is 3.75.